The molecule has 5 rings (SSSR count). The Balaban J connectivity index is 1.75. The number of nitrogens with two attached hydrogens (primary N) is 1. The van der Waals surface area contributed by atoms with Crippen LogP contribution in [0.4, 0.5) is 5.69 Å². The molecule has 7 nitrogen and oxygen atoms in total. The van der Waals surface area contributed by atoms with Crippen molar-refractivity contribution in [1.82, 2.24) is 10.3 Å². The molecule has 2 aliphatic rings. The van der Waals surface area contributed by atoms with Gasteiger partial charge in [0.25, 0.3) is 11.7 Å². The number of nitrogens with zero attached hydrogens (tertiary/aromatic N) is 1. The highest BCUT2D eigenvalue weighted by atomic mass is 35.5. The molecule has 1 aliphatic carbocycles. The average molecular weight is 450 g/mol. The maximum Gasteiger partial charge on any atom is 0.271 e. The predicted octanol–water partition coefficient (Wildman–Crippen LogP) is 3.50. The number of fused-ring (bicyclic) bond motifs is 5. The number of aliphatic hydroxyl groups is 1. The van der Waals surface area contributed by atoms with Crippen molar-refractivity contribution in [3.05, 3.63) is 87.7 Å². The number of halogens is 1. The van der Waals surface area contributed by atoms with E-state index in [1.165, 1.54) is 18.5 Å². The molecule has 0 spiro atoms. The van der Waals surface area contributed by atoms with Gasteiger partial charge in [0.2, 0.25) is 11.3 Å². The van der Waals surface area contributed by atoms with Crippen LogP contribution in [0.3, 0.4) is 0 Å². The smallest absolute Gasteiger partial charge is 0.271 e. The number of ketones is 1. The Hall–Kier alpha value is -3.42. The molecule has 0 bridgehead atoms. The van der Waals surface area contributed by atoms with E-state index in [1.54, 1.807) is 30.3 Å². The van der Waals surface area contributed by atoms with E-state index in [4.69, 9.17) is 22.1 Å². The molecule has 0 saturated heterocycles. The Morgan fingerprint density at radius 1 is 1.22 bits per heavy atom. The van der Waals surface area contributed by atoms with E-state index >= 15 is 0 Å². The van der Waals surface area contributed by atoms with Crippen LogP contribution >= 0.6 is 11.6 Å². The number of amides is 1. The van der Waals surface area contributed by atoms with Crippen LogP contribution in [0, 0.1) is 0 Å². The molecule has 1 amide bonds. The highest BCUT2D eigenvalue weighted by Gasteiger charge is 2.72. The van der Waals surface area contributed by atoms with Gasteiger partial charge in [-0.05, 0) is 29.7 Å². The van der Waals surface area contributed by atoms with Gasteiger partial charge < -0.3 is 20.9 Å². The number of aromatic nitrogens is 1. The minimum Gasteiger partial charge on any atom is -0.454 e. The summed E-state index contributed by atoms with van der Waals surface area (Å²) < 4.78 is 6.05. The zero-order chi connectivity index (χ0) is 22.8. The summed E-state index contributed by atoms with van der Waals surface area (Å²) in [7, 11) is 0. The van der Waals surface area contributed by atoms with Gasteiger partial charge >= 0.3 is 0 Å². The van der Waals surface area contributed by atoms with Crippen molar-refractivity contribution in [3.63, 3.8) is 0 Å². The van der Waals surface area contributed by atoms with Gasteiger partial charge in [-0.2, -0.15) is 0 Å². The third-order valence-corrected chi connectivity index (χ3v) is 6.49. The molecule has 2 unspecified atom stereocenters. The van der Waals surface area contributed by atoms with Crippen LogP contribution in [-0.2, 0) is 11.3 Å². The number of nitrogens with one attached hydrogen (secondary N) is 1. The minimum absolute atomic E-state index is 0.113. The van der Waals surface area contributed by atoms with Crippen LogP contribution in [0.25, 0.3) is 0 Å². The standard InChI is InChI=1S/C24H20ClN3O4/c1-12(2)13-6-7-15-19(10-13)32-24(31)16-4-3-5-18(26)20(16)21(29)23(15,24)28-22(30)14-8-9-27-11-17(14)25/h3-12,31H,26H2,1-2H3,(H,28,30). The lowest BCUT2D eigenvalue weighted by molar-refractivity contribution is -0.169. The van der Waals surface area contributed by atoms with Crippen LogP contribution in [0.15, 0.2) is 54.9 Å². The summed E-state index contributed by atoms with van der Waals surface area (Å²) in [6.45, 7) is 4.05. The summed E-state index contributed by atoms with van der Waals surface area (Å²) in [5.74, 6) is -2.87. The molecule has 4 N–H and O–H groups in total. The van der Waals surface area contributed by atoms with Crippen molar-refractivity contribution < 1.29 is 19.4 Å². The van der Waals surface area contributed by atoms with Crippen LogP contribution in [0.2, 0.25) is 5.02 Å². The number of nitrogen functional groups attached to an aromatic ring is 1. The number of ether oxygens (including phenoxy) is 1. The topological polar surface area (TPSA) is 115 Å². The van der Waals surface area contributed by atoms with E-state index < -0.39 is 23.0 Å². The van der Waals surface area contributed by atoms with Gasteiger partial charge in [-0.25, -0.2) is 0 Å². The molecular formula is C24H20ClN3O4. The first kappa shape index (κ1) is 20.5. The highest BCUT2D eigenvalue weighted by molar-refractivity contribution is 6.33. The molecule has 162 valence electrons. The van der Waals surface area contributed by atoms with E-state index in [0.29, 0.717) is 11.3 Å². The molecule has 0 radical (unpaired) electrons. The zero-order valence-electron chi connectivity index (χ0n) is 17.3. The van der Waals surface area contributed by atoms with Gasteiger partial charge in [0, 0.05) is 29.2 Å². The Labute approximate surface area is 189 Å². The largest absolute Gasteiger partial charge is 0.454 e. The van der Waals surface area contributed by atoms with Crippen molar-refractivity contribution in [1.29, 1.82) is 0 Å². The molecule has 1 aromatic heterocycles. The number of rotatable bonds is 3. The van der Waals surface area contributed by atoms with Gasteiger partial charge in [-0.3, -0.25) is 14.6 Å². The molecule has 2 atom stereocenters. The van der Waals surface area contributed by atoms with Crippen LogP contribution in [-0.4, -0.2) is 21.8 Å². The van der Waals surface area contributed by atoms with E-state index in [1.807, 2.05) is 19.9 Å². The molecule has 8 heteroatoms. The molecule has 2 aromatic carbocycles. The van der Waals surface area contributed by atoms with Crippen LogP contribution in [0.5, 0.6) is 5.75 Å². The quantitative estimate of drug-likeness (QED) is 0.527. The number of Topliss-reactive ketones (excluding diaryl/α,β-unsaturated/α-hetero) is 1. The van der Waals surface area contributed by atoms with Crippen molar-refractivity contribution >= 4 is 29.0 Å². The summed E-state index contributed by atoms with van der Waals surface area (Å²) in [5, 5.41) is 14.7. The summed E-state index contributed by atoms with van der Waals surface area (Å²) >= 11 is 6.16. The number of anilines is 1. The minimum atomic E-state index is -2.18. The second-order valence-electron chi connectivity index (χ2n) is 8.31. The van der Waals surface area contributed by atoms with Crippen molar-refractivity contribution in [3.8, 4) is 5.75 Å². The summed E-state index contributed by atoms with van der Waals surface area (Å²) in [6.07, 6.45) is 2.75. The van der Waals surface area contributed by atoms with Gasteiger partial charge in [0.1, 0.15) is 5.75 Å². The Morgan fingerprint density at radius 2 is 2.00 bits per heavy atom. The zero-order valence-corrected chi connectivity index (χ0v) is 18.1. The molecule has 0 fully saturated rings. The maximum atomic E-state index is 13.9. The van der Waals surface area contributed by atoms with Crippen LogP contribution < -0.4 is 15.8 Å². The lowest BCUT2D eigenvalue weighted by Gasteiger charge is -2.34. The summed E-state index contributed by atoms with van der Waals surface area (Å²) in [5.41, 5.74) is 6.11. The first-order valence-electron chi connectivity index (χ1n) is 10.1. The monoisotopic (exact) mass is 449 g/mol. The van der Waals surface area contributed by atoms with Gasteiger partial charge in [-0.15, -0.1) is 0 Å². The van der Waals surface area contributed by atoms with E-state index in [9.17, 15) is 14.7 Å². The summed E-state index contributed by atoms with van der Waals surface area (Å²) in [6, 6.07) is 11.5. The number of pyridine rings is 1. The lowest BCUT2D eigenvalue weighted by atomic mass is 9.82. The lowest BCUT2D eigenvalue weighted by Crippen LogP contribution is -2.60. The normalized spacial score (nSPS) is 22.8. The Morgan fingerprint density at radius 3 is 2.72 bits per heavy atom. The maximum absolute atomic E-state index is 13.9. The van der Waals surface area contributed by atoms with Crippen molar-refractivity contribution in [2.45, 2.75) is 31.1 Å². The fourth-order valence-electron chi connectivity index (χ4n) is 4.54. The predicted molar refractivity (Wildman–Crippen MR) is 119 cm³/mol. The molecule has 0 saturated carbocycles. The van der Waals surface area contributed by atoms with E-state index in [2.05, 4.69) is 10.3 Å². The van der Waals surface area contributed by atoms with Crippen molar-refractivity contribution in [2.75, 3.05) is 5.73 Å². The first-order valence-corrected chi connectivity index (χ1v) is 10.5. The number of hydrogen-bond donors (Lipinski definition) is 3. The van der Waals surface area contributed by atoms with Gasteiger partial charge in [0.15, 0.2) is 0 Å². The average Bonchev–Trinajstić information content (AvgIpc) is 3.11. The van der Waals surface area contributed by atoms with E-state index in [0.717, 1.165) is 5.56 Å². The molecule has 2 heterocycles. The second kappa shape index (κ2) is 6.79. The molecular weight excluding hydrogens is 430 g/mol. The fourth-order valence-corrected chi connectivity index (χ4v) is 4.75. The number of hydrogen-bond acceptors (Lipinski definition) is 6. The Bertz CT molecular complexity index is 1310. The summed E-state index contributed by atoms with van der Waals surface area (Å²) in [4.78, 5) is 31.1. The number of carbonyl (C=O) groups is 2. The molecule has 3 aromatic rings. The Kier molecular flexibility index (Phi) is 4.34. The second-order valence-corrected chi connectivity index (χ2v) is 8.72. The molecule has 1 aliphatic heterocycles. The van der Waals surface area contributed by atoms with Crippen molar-refractivity contribution in [2.24, 2.45) is 0 Å². The van der Waals surface area contributed by atoms with Gasteiger partial charge in [-0.1, -0.05) is 49.7 Å². The van der Waals surface area contributed by atoms with Gasteiger partial charge in [0.05, 0.1) is 16.1 Å². The third-order valence-electron chi connectivity index (χ3n) is 6.19. The first-order chi connectivity index (χ1) is 15.2. The SMILES string of the molecule is CC(C)c1ccc2c(c1)OC1(O)c3cccc(N)c3C(=O)C21NC(=O)c1ccncc1Cl. The third kappa shape index (κ3) is 2.49. The number of benzene rings is 2. The number of carbonyl (C=O) groups excluding carboxylic acids is 2. The fraction of sp³-hybridized carbons (Fsp3) is 0.208. The van der Waals surface area contributed by atoms with Crippen LogP contribution in [0.1, 0.15) is 57.2 Å². The van der Waals surface area contributed by atoms with E-state index in [-0.39, 0.29) is 33.3 Å². The molecule has 32 heavy (non-hydrogen) atoms. The highest BCUT2D eigenvalue weighted by Crippen LogP contribution is 2.59.